The van der Waals surface area contributed by atoms with E-state index in [4.69, 9.17) is 23.3 Å². The molecule has 70 heavy (non-hydrogen) atoms. The van der Waals surface area contributed by atoms with Gasteiger partial charge in [0.2, 0.25) is 0 Å². The zero-order chi connectivity index (χ0) is 51.3. The summed E-state index contributed by atoms with van der Waals surface area (Å²) in [4.78, 5) is 48.4. The molecule has 0 fully saturated rings. The third-order valence-electron chi connectivity index (χ3n) is 12.3. The molecule has 0 aliphatic rings. The van der Waals surface area contributed by atoms with Crippen molar-refractivity contribution in [2.24, 2.45) is 0 Å². The summed E-state index contributed by atoms with van der Waals surface area (Å²) in [5.74, 6) is -1.48. The highest BCUT2D eigenvalue weighted by molar-refractivity contribution is 7.47. The van der Waals surface area contributed by atoms with Crippen molar-refractivity contribution in [3.05, 3.63) is 48.6 Å². The molecule has 11 nitrogen and oxygen atoms in total. The number of hydrogen-bond donors (Lipinski definition) is 2. The van der Waals surface area contributed by atoms with Gasteiger partial charge >= 0.3 is 25.7 Å². The summed E-state index contributed by atoms with van der Waals surface area (Å²) in [5, 5.41) is 9.81. The SMILES string of the molecule is CC/C=C\C/C=C\C/C=C\C/C=C\CCCCCCC(=O)OC(COC(=O)CCCCCCCCCCCCC)COP(=O)(O)OCC(CO)OC(=O)CCCCCCCCCCCCCCCCC. The van der Waals surface area contributed by atoms with E-state index in [1.54, 1.807) is 0 Å². The van der Waals surface area contributed by atoms with E-state index in [-0.39, 0.29) is 25.9 Å². The number of aliphatic hydroxyl groups is 1. The van der Waals surface area contributed by atoms with E-state index in [0.717, 1.165) is 89.9 Å². The maximum Gasteiger partial charge on any atom is 0.472 e. The molecular formula is C58H105O11P. The average Bonchev–Trinajstić information content (AvgIpc) is 3.35. The highest BCUT2D eigenvalue weighted by Crippen LogP contribution is 2.43. The maximum absolute atomic E-state index is 12.9. The Hall–Kier alpha value is -2.56. The second-order valence-corrected chi connectivity index (χ2v) is 20.5. The Morgan fingerprint density at radius 3 is 1.14 bits per heavy atom. The molecule has 3 atom stereocenters. The van der Waals surface area contributed by atoms with Gasteiger partial charge in [0, 0.05) is 19.3 Å². The van der Waals surface area contributed by atoms with Crippen molar-refractivity contribution in [3.63, 3.8) is 0 Å². The Morgan fingerprint density at radius 2 is 0.743 bits per heavy atom. The first kappa shape index (κ1) is 67.4. The number of ether oxygens (including phenoxy) is 3. The molecular weight excluding hydrogens is 904 g/mol. The second-order valence-electron chi connectivity index (χ2n) is 19.1. The van der Waals surface area contributed by atoms with Gasteiger partial charge in [-0.2, -0.15) is 0 Å². The lowest BCUT2D eigenvalue weighted by Crippen LogP contribution is -2.30. The zero-order valence-electron chi connectivity index (χ0n) is 45.0. The molecule has 0 aromatic heterocycles. The highest BCUT2D eigenvalue weighted by atomic mass is 31.2. The number of carbonyl (C=O) groups is 3. The molecule has 0 aromatic rings. The van der Waals surface area contributed by atoms with Gasteiger partial charge in [0.1, 0.15) is 12.7 Å². The van der Waals surface area contributed by atoms with E-state index < -0.39 is 57.8 Å². The van der Waals surface area contributed by atoms with Crippen LogP contribution in [0.5, 0.6) is 0 Å². The normalized spacial score (nSPS) is 13.7. The fraction of sp³-hybridized carbons (Fsp3) is 0.810. The lowest BCUT2D eigenvalue weighted by molar-refractivity contribution is -0.161. The minimum absolute atomic E-state index is 0.142. The van der Waals surface area contributed by atoms with Crippen LogP contribution in [0.25, 0.3) is 0 Å². The van der Waals surface area contributed by atoms with E-state index in [2.05, 4.69) is 69.4 Å². The van der Waals surface area contributed by atoms with Gasteiger partial charge in [-0.25, -0.2) is 4.57 Å². The number of phosphoric acid groups is 1. The molecule has 0 aliphatic heterocycles. The van der Waals surface area contributed by atoms with Crippen molar-refractivity contribution in [1.29, 1.82) is 0 Å². The van der Waals surface area contributed by atoms with Crippen LogP contribution in [-0.2, 0) is 42.2 Å². The highest BCUT2D eigenvalue weighted by Gasteiger charge is 2.28. The molecule has 0 aromatic carbocycles. The number of rotatable bonds is 53. The van der Waals surface area contributed by atoms with Crippen LogP contribution >= 0.6 is 7.82 Å². The Labute approximate surface area is 428 Å². The summed E-state index contributed by atoms with van der Waals surface area (Å²) in [7, 11) is -4.75. The molecule has 0 bridgehead atoms. The predicted molar refractivity (Wildman–Crippen MR) is 289 cm³/mol. The van der Waals surface area contributed by atoms with Gasteiger partial charge in [-0.3, -0.25) is 23.4 Å². The molecule has 0 saturated carbocycles. The molecule has 408 valence electrons. The molecule has 0 spiro atoms. The molecule has 0 radical (unpaired) electrons. The standard InChI is InChI=1S/C58H105O11P/c1-4-7-10-13-16-19-22-24-26-27-29-31-34-37-40-43-46-49-58(62)69-55(51-65-56(60)47-44-41-38-35-32-21-18-15-12-9-6-3)53-67-70(63,64)66-52-54(50-59)68-57(61)48-45-42-39-36-33-30-28-25-23-20-17-14-11-8-5-2/h7,10,16,19,24,26,29,31,54-55,59H,4-6,8-9,11-15,17-18,20-23,25,27-28,30,32-53H2,1-3H3,(H,63,64)/b10-7-,19-16-,26-24-,31-29-. The number of unbranched alkanes of at least 4 members (excludes halogenated alkanes) is 28. The van der Waals surface area contributed by atoms with Crippen LogP contribution in [0.4, 0.5) is 0 Å². The van der Waals surface area contributed by atoms with E-state index in [9.17, 15) is 28.9 Å². The van der Waals surface area contributed by atoms with Gasteiger partial charge in [0.05, 0.1) is 19.8 Å². The van der Waals surface area contributed by atoms with Crippen molar-refractivity contribution in [2.45, 2.75) is 277 Å². The van der Waals surface area contributed by atoms with Crippen LogP contribution in [0.2, 0.25) is 0 Å². The van der Waals surface area contributed by atoms with Gasteiger partial charge in [-0.1, -0.05) is 236 Å². The van der Waals surface area contributed by atoms with E-state index >= 15 is 0 Å². The lowest BCUT2D eigenvalue weighted by Gasteiger charge is -2.21. The zero-order valence-corrected chi connectivity index (χ0v) is 45.9. The molecule has 12 heteroatoms. The Morgan fingerprint density at radius 1 is 0.414 bits per heavy atom. The minimum atomic E-state index is -4.75. The summed E-state index contributed by atoms with van der Waals surface area (Å²) < 4.78 is 39.5. The smallest absolute Gasteiger partial charge is 0.462 e. The Bertz CT molecular complexity index is 1360. The Balaban J connectivity index is 4.70. The van der Waals surface area contributed by atoms with E-state index in [1.807, 2.05) is 0 Å². The van der Waals surface area contributed by atoms with E-state index in [0.29, 0.717) is 19.3 Å². The summed E-state index contributed by atoms with van der Waals surface area (Å²) in [6.45, 7) is 4.52. The summed E-state index contributed by atoms with van der Waals surface area (Å²) in [6, 6.07) is 0. The minimum Gasteiger partial charge on any atom is -0.462 e. The maximum atomic E-state index is 12.9. The largest absolute Gasteiger partial charge is 0.472 e. The van der Waals surface area contributed by atoms with Crippen LogP contribution in [0.1, 0.15) is 265 Å². The van der Waals surface area contributed by atoms with Crippen molar-refractivity contribution >= 4 is 25.7 Å². The van der Waals surface area contributed by atoms with E-state index in [1.165, 1.54) is 116 Å². The van der Waals surface area contributed by atoms with Gasteiger partial charge in [-0.15, -0.1) is 0 Å². The number of esters is 3. The molecule has 3 unspecified atom stereocenters. The summed E-state index contributed by atoms with van der Waals surface area (Å²) >= 11 is 0. The van der Waals surface area contributed by atoms with Gasteiger partial charge < -0.3 is 24.2 Å². The molecule has 0 aliphatic carbocycles. The van der Waals surface area contributed by atoms with Crippen LogP contribution in [0, 0.1) is 0 Å². The molecule has 0 amide bonds. The summed E-state index contributed by atoms with van der Waals surface area (Å²) in [5.41, 5.74) is 0. The molecule has 0 saturated heterocycles. The van der Waals surface area contributed by atoms with Gasteiger partial charge in [-0.05, 0) is 57.8 Å². The van der Waals surface area contributed by atoms with Crippen molar-refractivity contribution in [1.82, 2.24) is 0 Å². The molecule has 2 N–H and O–H groups in total. The van der Waals surface area contributed by atoms with Crippen molar-refractivity contribution in [2.75, 3.05) is 26.4 Å². The second kappa shape index (κ2) is 52.8. The quantitative estimate of drug-likeness (QED) is 0.0197. The number of phosphoric ester groups is 1. The topological polar surface area (TPSA) is 155 Å². The lowest BCUT2D eigenvalue weighted by atomic mass is 10.0. The number of allylic oxidation sites excluding steroid dienone is 8. The molecule has 0 rings (SSSR count). The Kier molecular flexibility index (Phi) is 50.8. The third kappa shape index (κ3) is 50.4. The molecule has 0 heterocycles. The average molecular weight is 1010 g/mol. The monoisotopic (exact) mass is 1010 g/mol. The van der Waals surface area contributed by atoms with Crippen LogP contribution in [-0.4, -0.2) is 66.5 Å². The fourth-order valence-corrected chi connectivity index (χ4v) is 8.72. The van der Waals surface area contributed by atoms with Gasteiger partial charge in [0.25, 0.3) is 0 Å². The van der Waals surface area contributed by atoms with Crippen LogP contribution in [0.3, 0.4) is 0 Å². The van der Waals surface area contributed by atoms with Crippen molar-refractivity contribution < 1.29 is 52.2 Å². The number of aliphatic hydroxyl groups excluding tert-OH is 1. The van der Waals surface area contributed by atoms with Crippen LogP contribution in [0.15, 0.2) is 48.6 Å². The first-order chi connectivity index (χ1) is 34.2. The van der Waals surface area contributed by atoms with Crippen LogP contribution < -0.4 is 0 Å². The number of carbonyl (C=O) groups excluding carboxylic acids is 3. The third-order valence-corrected chi connectivity index (χ3v) is 13.2. The van der Waals surface area contributed by atoms with Crippen molar-refractivity contribution in [3.8, 4) is 0 Å². The first-order valence-electron chi connectivity index (χ1n) is 28.5. The first-order valence-corrected chi connectivity index (χ1v) is 30.0. The fourth-order valence-electron chi connectivity index (χ4n) is 7.94. The predicted octanol–water partition coefficient (Wildman–Crippen LogP) is 16.6. The summed E-state index contributed by atoms with van der Waals surface area (Å²) in [6.07, 6.45) is 55.0. The number of hydrogen-bond acceptors (Lipinski definition) is 10. The van der Waals surface area contributed by atoms with Gasteiger partial charge in [0.15, 0.2) is 6.10 Å².